The molecule has 2 heterocycles. The topological polar surface area (TPSA) is 56.5 Å². The van der Waals surface area contributed by atoms with E-state index in [1.165, 1.54) is 17.5 Å². The summed E-state index contributed by atoms with van der Waals surface area (Å²) in [4.78, 5) is 8.22. The molecule has 0 radical (unpaired) electrons. The quantitative estimate of drug-likeness (QED) is 0.645. The van der Waals surface area contributed by atoms with Crippen molar-refractivity contribution in [3.63, 3.8) is 0 Å². The van der Waals surface area contributed by atoms with Gasteiger partial charge in [0.15, 0.2) is 16.3 Å². The van der Waals surface area contributed by atoms with E-state index in [9.17, 15) is 0 Å². The highest BCUT2D eigenvalue weighted by Crippen LogP contribution is 2.30. The number of aryl methyl sites for hydroxylation is 1. The Morgan fingerprint density at radius 3 is 2.90 bits per heavy atom. The van der Waals surface area contributed by atoms with Gasteiger partial charge in [-0.05, 0) is 30.4 Å². The maximum atomic E-state index is 6.02. The molecule has 100 valence electrons. The number of benzene rings is 1. The third kappa shape index (κ3) is 1.78. The zero-order valence-electron chi connectivity index (χ0n) is 10.7. The molecule has 0 amide bonds. The van der Waals surface area contributed by atoms with Gasteiger partial charge in [-0.1, -0.05) is 41.1 Å². The summed E-state index contributed by atoms with van der Waals surface area (Å²) >= 11 is 6.02. The van der Waals surface area contributed by atoms with E-state index in [0.29, 0.717) is 10.7 Å². The predicted octanol–water partition coefficient (Wildman–Crippen LogP) is 2.60. The molecule has 6 heteroatoms. The highest BCUT2D eigenvalue weighted by molar-refractivity contribution is 6.33. The molecule has 3 aromatic rings. The number of hydrogen-bond acceptors (Lipinski definition) is 4. The van der Waals surface area contributed by atoms with Gasteiger partial charge in [-0.2, -0.15) is 0 Å². The van der Waals surface area contributed by atoms with Crippen LogP contribution in [0, 0.1) is 0 Å². The Kier molecular flexibility index (Phi) is 2.67. The number of nitrogens with zero attached hydrogens (tertiary/aromatic N) is 5. The van der Waals surface area contributed by atoms with E-state index in [4.69, 9.17) is 11.6 Å². The summed E-state index contributed by atoms with van der Waals surface area (Å²) in [6.07, 6.45) is 4.51. The standard InChI is InChI=1S/C14H12ClN5/c15-13-12-14(17-8-16-13)20(19-18-12)11-6-5-9-3-1-2-4-10(9)7-11/h1-4,8,11H,5-7H2. The molecule has 0 saturated heterocycles. The van der Waals surface area contributed by atoms with Crippen molar-refractivity contribution in [2.45, 2.75) is 25.3 Å². The molecular formula is C14H12ClN5. The molecule has 0 N–H and O–H groups in total. The zero-order chi connectivity index (χ0) is 13.5. The summed E-state index contributed by atoms with van der Waals surface area (Å²) in [5, 5.41) is 8.70. The number of halogens is 1. The Balaban J connectivity index is 1.76. The summed E-state index contributed by atoms with van der Waals surface area (Å²) in [5.74, 6) is 0. The highest BCUT2D eigenvalue weighted by Gasteiger charge is 2.23. The molecule has 20 heavy (non-hydrogen) atoms. The largest absolute Gasteiger partial charge is 0.223 e. The molecule has 1 unspecified atom stereocenters. The van der Waals surface area contributed by atoms with Crippen LogP contribution in [0.25, 0.3) is 11.2 Å². The first-order valence-corrected chi connectivity index (χ1v) is 6.99. The number of fused-ring (bicyclic) bond motifs is 2. The molecule has 0 fully saturated rings. The average molecular weight is 286 g/mol. The monoisotopic (exact) mass is 285 g/mol. The van der Waals surface area contributed by atoms with Crippen molar-refractivity contribution in [1.29, 1.82) is 0 Å². The minimum atomic E-state index is 0.279. The summed E-state index contributed by atoms with van der Waals surface area (Å²) in [6.45, 7) is 0. The molecule has 2 aromatic heterocycles. The Labute approximate surface area is 120 Å². The normalized spacial score (nSPS) is 18.1. The Bertz CT molecular complexity index is 782. The Morgan fingerprint density at radius 2 is 2.00 bits per heavy atom. The van der Waals surface area contributed by atoms with Crippen molar-refractivity contribution in [2.24, 2.45) is 0 Å². The average Bonchev–Trinajstić information content (AvgIpc) is 2.92. The molecule has 0 aliphatic heterocycles. The van der Waals surface area contributed by atoms with Gasteiger partial charge in [-0.25, -0.2) is 14.6 Å². The number of hydrogen-bond donors (Lipinski definition) is 0. The van der Waals surface area contributed by atoms with Gasteiger partial charge in [-0.3, -0.25) is 0 Å². The lowest BCUT2D eigenvalue weighted by atomic mass is 9.88. The molecule has 0 saturated carbocycles. The van der Waals surface area contributed by atoms with Crippen molar-refractivity contribution in [1.82, 2.24) is 25.0 Å². The SMILES string of the molecule is Clc1ncnc2c1nnn2C1CCc2ccccc2C1. The maximum absolute atomic E-state index is 6.02. The molecule has 0 bridgehead atoms. The van der Waals surface area contributed by atoms with Gasteiger partial charge in [0.2, 0.25) is 0 Å². The van der Waals surface area contributed by atoms with Crippen molar-refractivity contribution >= 4 is 22.8 Å². The second-order valence-corrected chi connectivity index (χ2v) is 5.39. The summed E-state index contributed by atoms with van der Waals surface area (Å²) in [6, 6.07) is 8.84. The van der Waals surface area contributed by atoms with Crippen molar-refractivity contribution in [2.75, 3.05) is 0 Å². The first-order chi connectivity index (χ1) is 9.83. The smallest absolute Gasteiger partial charge is 0.183 e. The highest BCUT2D eigenvalue weighted by atomic mass is 35.5. The fourth-order valence-corrected chi connectivity index (χ4v) is 3.04. The lowest BCUT2D eigenvalue weighted by Crippen LogP contribution is -2.20. The van der Waals surface area contributed by atoms with Crippen LogP contribution in [0.15, 0.2) is 30.6 Å². The van der Waals surface area contributed by atoms with Gasteiger partial charge in [0.05, 0.1) is 6.04 Å². The molecule has 1 aliphatic carbocycles. The zero-order valence-corrected chi connectivity index (χ0v) is 11.5. The fraction of sp³-hybridized carbons (Fsp3) is 0.286. The van der Waals surface area contributed by atoms with E-state index in [1.54, 1.807) is 0 Å². The molecule has 0 spiro atoms. The van der Waals surface area contributed by atoms with Gasteiger partial charge in [0.25, 0.3) is 0 Å². The van der Waals surface area contributed by atoms with Gasteiger partial charge in [0.1, 0.15) is 6.33 Å². The Morgan fingerprint density at radius 1 is 1.15 bits per heavy atom. The molecule has 1 aromatic carbocycles. The van der Waals surface area contributed by atoms with Gasteiger partial charge in [-0.15, -0.1) is 5.10 Å². The molecule has 5 nitrogen and oxygen atoms in total. The molecular weight excluding hydrogens is 274 g/mol. The Hall–Kier alpha value is -2.01. The van der Waals surface area contributed by atoms with Gasteiger partial charge >= 0.3 is 0 Å². The van der Waals surface area contributed by atoms with Gasteiger partial charge in [0, 0.05) is 0 Å². The summed E-state index contributed by atoms with van der Waals surface area (Å²) in [7, 11) is 0. The molecule has 1 atom stereocenters. The van der Waals surface area contributed by atoms with Crippen molar-refractivity contribution in [3.8, 4) is 0 Å². The first-order valence-electron chi connectivity index (χ1n) is 6.61. The van der Waals surface area contributed by atoms with Crippen LogP contribution in [0.2, 0.25) is 5.15 Å². The van der Waals surface area contributed by atoms with Crippen LogP contribution >= 0.6 is 11.6 Å². The number of aromatic nitrogens is 5. The van der Waals surface area contributed by atoms with Crippen LogP contribution in [-0.2, 0) is 12.8 Å². The van der Waals surface area contributed by atoms with Crippen molar-refractivity contribution < 1.29 is 0 Å². The van der Waals surface area contributed by atoms with Crippen LogP contribution < -0.4 is 0 Å². The van der Waals surface area contributed by atoms with Crippen LogP contribution in [0.5, 0.6) is 0 Å². The minimum Gasteiger partial charge on any atom is -0.223 e. The third-order valence-electron chi connectivity index (χ3n) is 3.88. The van der Waals surface area contributed by atoms with E-state index in [-0.39, 0.29) is 6.04 Å². The second-order valence-electron chi connectivity index (χ2n) is 5.04. The van der Waals surface area contributed by atoms with Crippen LogP contribution in [0.4, 0.5) is 0 Å². The molecule has 4 rings (SSSR count). The summed E-state index contributed by atoms with van der Waals surface area (Å²) in [5.41, 5.74) is 4.11. The van der Waals surface area contributed by atoms with Gasteiger partial charge < -0.3 is 0 Å². The number of rotatable bonds is 1. The van der Waals surface area contributed by atoms with E-state index in [2.05, 4.69) is 44.5 Å². The minimum absolute atomic E-state index is 0.279. The van der Waals surface area contributed by atoms with E-state index >= 15 is 0 Å². The van der Waals surface area contributed by atoms with Crippen molar-refractivity contribution in [3.05, 3.63) is 46.9 Å². The van der Waals surface area contributed by atoms with E-state index in [0.717, 1.165) is 24.9 Å². The third-order valence-corrected chi connectivity index (χ3v) is 4.16. The maximum Gasteiger partial charge on any atom is 0.183 e. The van der Waals surface area contributed by atoms with E-state index in [1.807, 2.05) is 4.68 Å². The first kappa shape index (κ1) is 11.8. The lowest BCUT2D eigenvalue weighted by Gasteiger charge is -2.24. The lowest BCUT2D eigenvalue weighted by molar-refractivity contribution is 0.404. The van der Waals surface area contributed by atoms with Crippen LogP contribution in [0.3, 0.4) is 0 Å². The molecule has 1 aliphatic rings. The predicted molar refractivity (Wildman–Crippen MR) is 75.6 cm³/mol. The van der Waals surface area contributed by atoms with Crippen LogP contribution in [0.1, 0.15) is 23.6 Å². The van der Waals surface area contributed by atoms with E-state index < -0.39 is 0 Å². The fourth-order valence-electron chi connectivity index (χ4n) is 2.87. The second kappa shape index (κ2) is 4.52. The van der Waals surface area contributed by atoms with Crippen LogP contribution in [-0.4, -0.2) is 25.0 Å². The summed E-state index contributed by atoms with van der Waals surface area (Å²) < 4.78 is 1.89.